The number of carbonyl (C=O) groups is 1. The lowest BCUT2D eigenvalue weighted by Gasteiger charge is -2.45. The van der Waals surface area contributed by atoms with Crippen LogP contribution in [0.15, 0.2) is 4.99 Å². The molecule has 3 aliphatic rings. The summed E-state index contributed by atoms with van der Waals surface area (Å²) in [7, 11) is 4.43. The van der Waals surface area contributed by atoms with Crippen molar-refractivity contribution in [2.45, 2.75) is 64.3 Å². The first-order valence-corrected chi connectivity index (χ1v) is 10.9. The molecule has 2 heterocycles. The molecule has 0 bridgehead atoms. The molecule has 1 aliphatic carbocycles. The molecule has 3 fully saturated rings. The topological polar surface area (TPSA) is 60.0 Å². The molecule has 27 heavy (non-hydrogen) atoms. The van der Waals surface area contributed by atoms with Crippen LogP contribution in [0.3, 0.4) is 0 Å². The van der Waals surface area contributed by atoms with Gasteiger partial charge in [0.15, 0.2) is 5.96 Å². The minimum absolute atomic E-state index is 0.101. The van der Waals surface area contributed by atoms with E-state index < -0.39 is 0 Å². The summed E-state index contributed by atoms with van der Waals surface area (Å²) in [5.41, 5.74) is 0.279. The molecule has 0 radical (unpaired) electrons. The van der Waals surface area contributed by atoms with Crippen LogP contribution in [0.25, 0.3) is 0 Å². The van der Waals surface area contributed by atoms with Crippen molar-refractivity contribution >= 4 is 11.9 Å². The molecule has 1 amide bonds. The third kappa shape index (κ3) is 4.58. The van der Waals surface area contributed by atoms with Gasteiger partial charge in [-0.15, -0.1) is 0 Å². The number of piperidine rings is 1. The fourth-order valence-corrected chi connectivity index (χ4v) is 5.40. The maximum Gasteiger partial charge on any atom is 0.220 e. The van der Waals surface area contributed by atoms with Crippen molar-refractivity contribution in [3.05, 3.63) is 0 Å². The number of aliphatic imine (C=N–C) groups is 1. The number of carbonyl (C=O) groups excluding carboxylic acids is 1. The number of nitrogens with one attached hydrogen (secondary N) is 2. The van der Waals surface area contributed by atoms with E-state index in [1.165, 1.54) is 25.7 Å². The number of nitrogens with zero attached hydrogens (tertiary/aromatic N) is 3. The average molecular weight is 378 g/mol. The summed E-state index contributed by atoms with van der Waals surface area (Å²) < 4.78 is 0. The fourth-order valence-electron chi connectivity index (χ4n) is 5.40. The first kappa shape index (κ1) is 20.4. The summed E-state index contributed by atoms with van der Waals surface area (Å²) >= 11 is 0. The Bertz CT molecular complexity index is 563. The SMILES string of the molecule is CCNC(=NCC1(N(C)C)CCCC(C)C1)N1CCCC2(CNC(=O)C2)C1. The van der Waals surface area contributed by atoms with Crippen LogP contribution < -0.4 is 10.6 Å². The Morgan fingerprint density at radius 1 is 1.37 bits per heavy atom. The maximum atomic E-state index is 11.8. The highest BCUT2D eigenvalue weighted by atomic mass is 16.1. The van der Waals surface area contributed by atoms with Gasteiger partial charge in [0.2, 0.25) is 5.91 Å². The zero-order valence-electron chi connectivity index (χ0n) is 17.8. The van der Waals surface area contributed by atoms with Crippen LogP contribution in [0.2, 0.25) is 0 Å². The summed E-state index contributed by atoms with van der Waals surface area (Å²) in [5, 5.41) is 6.58. The highest BCUT2D eigenvalue weighted by molar-refractivity contribution is 5.81. The Hall–Kier alpha value is -1.30. The van der Waals surface area contributed by atoms with Crippen LogP contribution in [-0.2, 0) is 4.79 Å². The molecule has 0 aromatic rings. The molecule has 6 nitrogen and oxygen atoms in total. The van der Waals surface area contributed by atoms with E-state index in [2.05, 4.69) is 48.4 Å². The predicted molar refractivity (Wildman–Crippen MR) is 111 cm³/mol. The molecule has 6 heteroatoms. The number of likely N-dealkylation sites (N-methyl/N-ethyl adjacent to an activating group) is 1. The van der Waals surface area contributed by atoms with Gasteiger partial charge in [-0.25, -0.2) is 0 Å². The van der Waals surface area contributed by atoms with E-state index in [1.807, 2.05) is 0 Å². The molecule has 3 atom stereocenters. The molecule has 2 aliphatic heterocycles. The van der Waals surface area contributed by atoms with Crippen LogP contribution in [0, 0.1) is 11.3 Å². The normalized spacial score (nSPS) is 35.0. The predicted octanol–water partition coefficient (Wildman–Crippen LogP) is 2.06. The van der Waals surface area contributed by atoms with Gasteiger partial charge in [0.1, 0.15) is 0 Å². The Morgan fingerprint density at radius 2 is 2.19 bits per heavy atom. The lowest BCUT2D eigenvalue weighted by atomic mass is 9.75. The van der Waals surface area contributed by atoms with Crippen molar-refractivity contribution in [3.8, 4) is 0 Å². The van der Waals surface area contributed by atoms with Gasteiger partial charge in [-0.1, -0.05) is 19.8 Å². The Kier molecular flexibility index (Phi) is 6.34. The van der Waals surface area contributed by atoms with Crippen molar-refractivity contribution in [1.82, 2.24) is 20.4 Å². The van der Waals surface area contributed by atoms with Gasteiger partial charge in [0.25, 0.3) is 0 Å². The van der Waals surface area contributed by atoms with Gasteiger partial charge >= 0.3 is 0 Å². The molecular weight excluding hydrogens is 338 g/mol. The first-order chi connectivity index (χ1) is 12.9. The van der Waals surface area contributed by atoms with Crippen molar-refractivity contribution in [1.29, 1.82) is 0 Å². The monoisotopic (exact) mass is 377 g/mol. The largest absolute Gasteiger partial charge is 0.357 e. The zero-order chi connectivity index (χ0) is 19.5. The molecule has 2 saturated heterocycles. The van der Waals surface area contributed by atoms with Crippen molar-refractivity contribution < 1.29 is 4.79 Å². The molecule has 3 unspecified atom stereocenters. The van der Waals surface area contributed by atoms with Crippen LogP contribution >= 0.6 is 0 Å². The van der Waals surface area contributed by atoms with Crippen molar-refractivity contribution in [2.24, 2.45) is 16.3 Å². The summed E-state index contributed by atoms with van der Waals surface area (Å²) in [6, 6.07) is 0. The molecule has 3 rings (SSSR count). The third-order valence-electron chi connectivity index (χ3n) is 7.03. The second kappa shape index (κ2) is 8.38. The fraction of sp³-hybridized carbons (Fsp3) is 0.905. The van der Waals surface area contributed by atoms with Crippen LogP contribution in [0.5, 0.6) is 0 Å². The van der Waals surface area contributed by atoms with Crippen molar-refractivity contribution in [2.75, 3.05) is 46.8 Å². The summed E-state index contributed by atoms with van der Waals surface area (Å²) in [6.45, 7) is 9.04. The lowest BCUT2D eigenvalue weighted by Crippen LogP contribution is -2.53. The molecule has 1 spiro atoms. The van der Waals surface area contributed by atoms with E-state index in [9.17, 15) is 4.79 Å². The van der Waals surface area contributed by atoms with E-state index in [0.29, 0.717) is 6.42 Å². The summed E-state index contributed by atoms with van der Waals surface area (Å²) in [4.78, 5) is 21.8. The van der Waals surface area contributed by atoms with Crippen LogP contribution in [0.1, 0.15) is 58.8 Å². The van der Waals surface area contributed by atoms with Gasteiger partial charge < -0.3 is 20.4 Å². The van der Waals surface area contributed by atoms with Crippen molar-refractivity contribution in [3.63, 3.8) is 0 Å². The molecule has 0 aromatic heterocycles. The Morgan fingerprint density at radius 3 is 2.81 bits per heavy atom. The minimum atomic E-state index is 0.101. The number of hydrogen-bond donors (Lipinski definition) is 2. The van der Waals surface area contributed by atoms with E-state index in [4.69, 9.17) is 4.99 Å². The smallest absolute Gasteiger partial charge is 0.220 e. The van der Waals surface area contributed by atoms with E-state index in [-0.39, 0.29) is 16.9 Å². The summed E-state index contributed by atoms with van der Waals surface area (Å²) in [6.07, 6.45) is 8.04. The molecule has 0 aromatic carbocycles. The second-order valence-electron chi connectivity index (χ2n) is 9.47. The standard InChI is InChI=1S/C21H39N5O/c1-5-22-19(24-15-21(25(3)4)10-6-8-17(2)12-21)26-11-7-9-20(16-26)13-18(27)23-14-20/h17H,5-16H2,1-4H3,(H,22,24)(H,23,27). The Balaban J connectivity index is 1.74. The van der Waals surface area contributed by atoms with E-state index in [0.717, 1.165) is 57.4 Å². The highest BCUT2D eigenvalue weighted by Gasteiger charge is 2.43. The van der Waals surface area contributed by atoms with Gasteiger partial charge in [0, 0.05) is 43.6 Å². The van der Waals surface area contributed by atoms with Gasteiger partial charge in [-0.05, 0) is 52.6 Å². The first-order valence-electron chi connectivity index (χ1n) is 10.9. The molecule has 154 valence electrons. The number of likely N-dealkylation sites (tertiary alicyclic amines) is 1. The Labute approximate surface area is 165 Å². The maximum absolute atomic E-state index is 11.8. The van der Waals surface area contributed by atoms with Gasteiger partial charge in [-0.2, -0.15) is 0 Å². The number of hydrogen-bond acceptors (Lipinski definition) is 3. The van der Waals surface area contributed by atoms with Gasteiger partial charge in [-0.3, -0.25) is 9.79 Å². The van der Waals surface area contributed by atoms with Crippen LogP contribution in [-0.4, -0.2) is 74.0 Å². The van der Waals surface area contributed by atoms with E-state index in [1.54, 1.807) is 0 Å². The quantitative estimate of drug-likeness (QED) is 0.582. The zero-order valence-corrected chi connectivity index (χ0v) is 17.8. The average Bonchev–Trinajstić information content (AvgIpc) is 2.98. The summed E-state index contributed by atoms with van der Waals surface area (Å²) in [5.74, 6) is 2.02. The number of amides is 1. The molecule has 2 N–H and O–H groups in total. The molecule has 1 saturated carbocycles. The van der Waals surface area contributed by atoms with Crippen LogP contribution in [0.4, 0.5) is 0 Å². The highest BCUT2D eigenvalue weighted by Crippen LogP contribution is 2.37. The number of rotatable bonds is 4. The third-order valence-corrected chi connectivity index (χ3v) is 7.03. The minimum Gasteiger partial charge on any atom is -0.357 e. The van der Waals surface area contributed by atoms with E-state index >= 15 is 0 Å². The number of guanidine groups is 1. The van der Waals surface area contributed by atoms with Gasteiger partial charge in [0.05, 0.1) is 6.54 Å². The second-order valence-corrected chi connectivity index (χ2v) is 9.47. The molecular formula is C21H39N5O. The lowest BCUT2D eigenvalue weighted by molar-refractivity contribution is -0.119.